The fraction of sp³-hybridized carbons (Fsp3) is 0.207. The normalized spacial score (nSPS) is 14.5. The fourth-order valence-electron chi connectivity index (χ4n) is 4.77. The third-order valence-corrected chi connectivity index (χ3v) is 6.58. The van der Waals surface area contributed by atoms with E-state index in [1.54, 1.807) is 14.2 Å². The van der Waals surface area contributed by atoms with Crippen LogP contribution in [0.1, 0.15) is 34.0 Å². The van der Waals surface area contributed by atoms with Crippen molar-refractivity contribution in [2.24, 2.45) is 0 Å². The standard InChI is InChI=1S/C29H29N3O3/c1-19-11-12-20(2)23(16-19)30-29(33)32-18-22-8-5-6-9-24(22)31-15-7-10-25(31)28(32)21-13-14-26(34-3)27(17-21)35-4/h5-17,28H,18H2,1-4H3,(H,30,33). The largest absolute Gasteiger partial charge is 0.493 e. The molecule has 2 amide bonds. The number of nitrogens with one attached hydrogen (secondary N) is 1. The molecule has 1 unspecified atom stereocenters. The first-order valence-electron chi connectivity index (χ1n) is 11.6. The first kappa shape index (κ1) is 22.6. The minimum atomic E-state index is -0.345. The van der Waals surface area contributed by atoms with Crippen molar-refractivity contribution >= 4 is 11.7 Å². The summed E-state index contributed by atoms with van der Waals surface area (Å²) in [5, 5.41) is 3.18. The average Bonchev–Trinajstić information content (AvgIpc) is 3.30. The van der Waals surface area contributed by atoms with Gasteiger partial charge in [-0.05, 0) is 72.5 Å². The van der Waals surface area contributed by atoms with Gasteiger partial charge in [-0.15, -0.1) is 0 Å². The molecule has 1 atom stereocenters. The maximum Gasteiger partial charge on any atom is 0.322 e. The van der Waals surface area contributed by atoms with Gasteiger partial charge in [0.1, 0.15) is 0 Å². The molecule has 0 bridgehead atoms. The molecule has 35 heavy (non-hydrogen) atoms. The van der Waals surface area contributed by atoms with Crippen molar-refractivity contribution in [2.75, 3.05) is 19.5 Å². The van der Waals surface area contributed by atoms with Gasteiger partial charge in [-0.2, -0.15) is 0 Å². The molecule has 178 valence electrons. The van der Waals surface area contributed by atoms with E-state index >= 15 is 0 Å². The van der Waals surface area contributed by atoms with Crippen LogP contribution >= 0.6 is 0 Å². The van der Waals surface area contributed by atoms with Crippen LogP contribution in [0.3, 0.4) is 0 Å². The summed E-state index contributed by atoms with van der Waals surface area (Å²) >= 11 is 0. The Hall–Kier alpha value is -4.19. The van der Waals surface area contributed by atoms with Crippen molar-refractivity contribution in [1.82, 2.24) is 9.47 Å². The number of amides is 2. The van der Waals surface area contributed by atoms with Gasteiger partial charge < -0.3 is 24.3 Å². The van der Waals surface area contributed by atoms with Crippen LogP contribution in [-0.2, 0) is 6.54 Å². The number of urea groups is 1. The van der Waals surface area contributed by atoms with E-state index < -0.39 is 0 Å². The van der Waals surface area contributed by atoms with Crippen LogP contribution in [0.2, 0.25) is 0 Å². The summed E-state index contributed by atoms with van der Waals surface area (Å²) in [6.45, 7) is 4.48. The summed E-state index contributed by atoms with van der Waals surface area (Å²) in [7, 11) is 3.24. The molecule has 1 N–H and O–H groups in total. The zero-order chi connectivity index (χ0) is 24.5. The molecular formula is C29H29N3O3. The number of carbonyl (C=O) groups is 1. The van der Waals surface area contributed by atoms with Crippen LogP contribution in [0.15, 0.2) is 79.0 Å². The molecular weight excluding hydrogens is 438 g/mol. The Labute approximate surface area is 205 Å². The van der Waals surface area contributed by atoms with Crippen LogP contribution in [0, 0.1) is 13.8 Å². The maximum absolute atomic E-state index is 13.9. The highest BCUT2D eigenvalue weighted by molar-refractivity contribution is 5.91. The number of ether oxygens (including phenoxy) is 2. The van der Waals surface area contributed by atoms with Crippen LogP contribution in [-0.4, -0.2) is 29.7 Å². The number of nitrogens with zero attached hydrogens (tertiary/aromatic N) is 2. The van der Waals surface area contributed by atoms with Gasteiger partial charge in [0, 0.05) is 17.6 Å². The van der Waals surface area contributed by atoms with E-state index in [0.717, 1.165) is 39.3 Å². The van der Waals surface area contributed by atoms with E-state index in [1.165, 1.54) is 0 Å². The topological polar surface area (TPSA) is 55.7 Å². The Kier molecular flexibility index (Phi) is 5.95. The molecule has 4 aromatic rings. The highest BCUT2D eigenvalue weighted by Crippen LogP contribution is 2.40. The SMILES string of the molecule is COc1ccc(C2c3cccn3-c3ccccc3CN2C(=O)Nc2cc(C)ccc2C)cc1OC. The number of hydrogen-bond acceptors (Lipinski definition) is 3. The molecule has 6 nitrogen and oxygen atoms in total. The number of rotatable bonds is 4. The van der Waals surface area contributed by atoms with Crippen molar-refractivity contribution in [1.29, 1.82) is 0 Å². The van der Waals surface area contributed by atoms with Gasteiger partial charge in [-0.25, -0.2) is 4.79 Å². The molecule has 0 fully saturated rings. The Morgan fingerprint density at radius 3 is 2.51 bits per heavy atom. The number of aryl methyl sites for hydroxylation is 2. The molecule has 0 saturated heterocycles. The number of fused-ring (bicyclic) bond motifs is 3. The van der Waals surface area contributed by atoms with E-state index in [4.69, 9.17) is 9.47 Å². The number of carbonyl (C=O) groups excluding carboxylic acids is 1. The first-order valence-corrected chi connectivity index (χ1v) is 11.6. The maximum atomic E-state index is 13.9. The number of aromatic nitrogens is 1. The second-order valence-electron chi connectivity index (χ2n) is 8.83. The van der Waals surface area contributed by atoms with E-state index in [0.29, 0.717) is 18.0 Å². The Morgan fingerprint density at radius 2 is 1.71 bits per heavy atom. The molecule has 1 aromatic heterocycles. The molecule has 0 aliphatic carbocycles. The Balaban J connectivity index is 1.65. The molecule has 5 rings (SSSR count). The number of benzene rings is 3. The number of anilines is 1. The molecule has 1 aliphatic rings. The summed E-state index contributed by atoms with van der Waals surface area (Å²) in [6.07, 6.45) is 2.05. The van der Waals surface area contributed by atoms with Gasteiger partial charge in [0.25, 0.3) is 0 Å². The van der Waals surface area contributed by atoms with Gasteiger partial charge in [0.05, 0.1) is 32.5 Å². The lowest BCUT2D eigenvalue weighted by molar-refractivity contribution is 0.194. The van der Waals surface area contributed by atoms with Crippen molar-refractivity contribution < 1.29 is 14.3 Å². The third-order valence-electron chi connectivity index (χ3n) is 6.58. The van der Waals surface area contributed by atoms with Crippen molar-refractivity contribution in [3.63, 3.8) is 0 Å². The van der Waals surface area contributed by atoms with E-state index in [1.807, 2.05) is 79.5 Å². The second kappa shape index (κ2) is 9.22. The lowest BCUT2D eigenvalue weighted by Gasteiger charge is -2.31. The summed E-state index contributed by atoms with van der Waals surface area (Å²) < 4.78 is 13.2. The number of para-hydroxylation sites is 1. The van der Waals surface area contributed by atoms with E-state index in [2.05, 4.69) is 28.1 Å². The number of methoxy groups -OCH3 is 2. The van der Waals surface area contributed by atoms with Gasteiger partial charge in [0.2, 0.25) is 0 Å². The number of hydrogen-bond donors (Lipinski definition) is 1. The average molecular weight is 468 g/mol. The highest BCUT2D eigenvalue weighted by Gasteiger charge is 2.33. The van der Waals surface area contributed by atoms with Crippen LogP contribution in [0.5, 0.6) is 11.5 Å². The minimum Gasteiger partial charge on any atom is -0.493 e. The Morgan fingerprint density at radius 1 is 0.914 bits per heavy atom. The lowest BCUT2D eigenvalue weighted by atomic mass is 10.0. The van der Waals surface area contributed by atoms with Crippen molar-refractivity contribution in [3.8, 4) is 17.2 Å². The van der Waals surface area contributed by atoms with E-state index in [9.17, 15) is 4.79 Å². The van der Waals surface area contributed by atoms with Gasteiger partial charge >= 0.3 is 6.03 Å². The molecule has 1 aliphatic heterocycles. The lowest BCUT2D eigenvalue weighted by Crippen LogP contribution is -2.38. The van der Waals surface area contributed by atoms with E-state index in [-0.39, 0.29) is 12.1 Å². The zero-order valence-corrected chi connectivity index (χ0v) is 20.4. The highest BCUT2D eigenvalue weighted by atomic mass is 16.5. The summed E-state index contributed by atoms with van der Waals surface area (Å²) in [5.74, 6) is 1.27. The summed E-state index contributed by atoms with van der Waals surface area (Å²) in [6, 6.07) is 23.7. The quantitative estimate of drug-likeness (QED) is 0.386. The predicted octanol–water partition coefficient (Wildman–Crippen LogP) is 6.25. The molecule has 3 aromatic carbocycles. The minimum absolute atomic E-state index is 0.164. The third kappa shape index (κ3) is 4.12. The Bertz CT molecular complexity index is 1390. The molecule has 2 heterocycles. The van der Waals surface area contributed by atoms with Crippen molar-refractivity contribution in [3.05, 3.63) is 107 Å². The van der Waals surface area contributed by atoms with Crippen LogP contribution < -0.4 is 14.8 Å². The van der Waals surface area contributed by atoms with Crippen molar-refractivity contribution in [2.45, 2.75) is 26.4 Å². The smallest absolute Gasteiger partial charge is 0.322 e. The molecule has 0 radical (unpaired) electrons. The predicted molar refractivity (Wildman–Crippen MR) is 138 cm³/mol. The molecule has 6 heteroatoms. The first-order chi connectivity index (χ1) is 17.0. The summed E-state index contributed by atoms with van der Waals surface area (Å²) in [4.78, 5) is 15.8. The zero-order valence-electron chi connectivity index (χ0n) is 20.4. The van der Waals surface area contributed by atoms with Gasteiger partial charge in [0.15, 0.2) is 11.5 Å². The second-order valence-corrected chi connectivity index (χ2v) is 8.83. The summed E-state index contributed by atoms with van der Waals surface area (Å²) in [5.41, 5.74) is 7.01. The van der Waals surface area contributed by atoms with Crippen LogP contribution in [0.4, 0.5) is 10.5 Å². The monoisotopic (exact) mass is 467 g/mol. The fourth-order valence-corrected chi connectivity index (χ4v) is 4.77. The van der Waals surface area contributed by atoms with Gasteiger partial charge in [-0.3, -0.25) is 0 Å². The molecule has 0 saturated carbocycles. The van der Waals surface area contributed by atoms with Gasteiger partial charge in [-0.1, -0.05) is 36.4 Å². The van der Waals surface area contributed by atoms with Crippen LogP contribution in [0.25, 0.3) is 5.69 Å². The molecule has 0 spiro atoms.